The molecule has 3 aliphatic rings. The van der Waals surface area contributed by atoms with Gasteiger partial charge in [0.15, 0.2) is 11.5 Å². The summed E-state index contributed by atoms with van der Waals surface area (Å²) in [4.78, 5) is 57.9. The minimum atomic E-state index is -1.06. The Morgan fingerprint density at radius 1 is 1.12 bits per heavy atom. The highest BCUT2D eigenvalue weighted by Gasteiger charge is 2.48. The summed E-state index contributed by atoms with van der Waals surface area (Å²) in [7, 11) is 1.62. The van der Waals surface area contributed by atoms with Crippen LogP contribution in [0.25, 0.3) is 0 Å². The van der Waals surface area contributed by atoms with Gasteiger partial charge < -0.3 is 34.6 Å². The molecule has 232 valence electrons. The molecule has 0 saturated carbocycles. The van der Waals surface area contributed by atoms with Crippen molar-refractivity contribution in [1.29, 1.82) is 0 Å². The average molecular weight is 591 g/mol. The van der Waals surface area contributed by atoms with Gasteiger partial charge in [0.05, 0.1) is 19.1 Å². The molecule has 13 nitrogen and oxygen atoms in total. The molecule has 0 radical (unpaired) electrons. The lowest BCUT2D eigenvalue weighted by Crippen LogP contribution is -2.52. The number of aliphatic carboxylic acids is 1. The maximum absolute atomic E-state index is 13.5. The molecule has 3 heterocycles. The van der Waals surface area contributed by atoms with Crippen molar-refractivity contribution >= 4 is 23.8 Å². The highest BCUT2D eigenvalue weighted by atomic mass is 16.7. The smallest absolute Gasteiger partial charge is 0.326 e. The summed E-state index contributed by atoms with van der Waals surface area (Å²) in [6.45, 7) is 3.14. The molecule has 3 aliphatic heterocycles. The molecular formula is C29H42N4O9. The Morgan fingerprint density at radius 3 is 2.57 bits per heavy atom. The zero-order valence-corrected chi connectivity index (χ0v) is 24.4. The number of carboxylic acid groups (broad SMARTS) is 1. The van der Waals surface area contributed by atoms with E-state index < -0.39 is 29.9 Å². The highest BCUT2D eigenvalue weighted by molar-refractivity contribution is 5.96. The lowest BCUT2D eigenvalue weighted by molar-refractivity contribution is -0.144. The van der Waals surface area contributed by atoms with Crippen molar-refractivity contribution in [3.8, 4) is 11.5 Å². The fourth-order valence-electron chi connectivity index (χ4n) is 6.16. The molecule has 0 bridgehead atoms. The van der Waals surface area contributed by atoms with Crippen LogP contribution in [0.15, 0.2) is 12.1 Å². The number of ether oxygens (including phenoxy) is 2. The topological polar surface area (TPSA) is 160 Å². The molecule has 0 unspecified atom stereocenters. The van der Waals surface area contributed by atoms with Crippen molar-refractivity contribution in [3.63, 3.8) is 0 Å². The fraction of sp³-hybridized carbons (Fsp3) is 0.655. The summed E-state index contributed by atoms with van der Waals surface area (Å²) in [5.74, 6) is -2.19. The van der Waals surface area contributed by atoms with E-state index in [1.165, 1.54) is 4.90 Å². The van der Waals surface area contributed by atoms with Gasteiger partial charge >= 0.3 is 12.0 Å². The number of rotatable bonds is 14. The monoisotopic (exact) mass is 590 g/mol. The number of carbonyl (C=O) groups is 4. The number of amides is 4. The maximum Gasteiger partial charge on any atom is 0.326 e. The number of carbonyl (C=O) groups excluding carboxylic acids is 3. The van der Waals surface area contributed by atoms with Crippen LogP contribution >= 0.6 is 0 Å². The number of unbranched alkanes of at least 4 members (excludes halogenated alkanes) is 1. The van der Waals surface area contributed by atoms with Crippen LogP contribution in [0, 0.1) is 5.92 Å². The largest absolute Gasteiger partial charge is 0.481 e. The van der Waals surface area contributed by atoms with E-state index in [2.05, 4.69) is 0 Å². The molecule has 0 aromatic heterocycles. The summed E-state index contributed by atoms with van der Waals surface area (Å²) in [6.07, 6.45) is 2.50. The lowest BCUT2D eigenvalue weighted by Gasteiger charge is -2.34. The molecule has 4 amide bonds. The van der Waals surface area contributed by atoms with Crippen LogP contribution in [0.4, 0.5) is 4.79 Å². The Kier molecular flexibility index (Phi) is 10.6. The van der Waals surface area contributed by atoms with Crippen molar-refractivity contribution in [2.24, 2.45) is 5.92 Å². The molecule has 2 fully saturated rings. The van der Waals surface area contributed by atoms with Crippen LogP contribution in [-0.4, -0.2) is 124 Å². The second-order valence-corrected chi connectivity index (χ2v) is 11.1. The minimum Gasteiger partial charge on any atom is -0.481 e. The number of nitrogens with zero attached hydrogens (tertiary/aromatic N) is 4. The molecule has 1 aromatic rings. The minimum absolute atomic E-state index is 0.00413. The van der Waals surface area contributed by atoms with E-state index in [1.54, 1.807) is 24.1 Å². The number of hydrogen-bond donors (Lipinski definition) is 3. The van der Waals surface area contributed by atoms with Crippen LogP contribution in [0.1, 0.15) is 56.1 Å². The predicted octanol–water partition coefficient (Wildman–Crippen LogP) is 1.06. The summed E-state index contributed by atoms with van der Waals surface area (Å²) in [5, 5.41) is 29.8. The molecule has 4 rings (SSSR count). The number of benzene rings is 1. The van der Waals surface area contributed by atoms with Crippen LogP contribution in [0.3, 0.4) is 0 Å². The summed E-state index contributed by atoms with van der Waals surface area (Å²) < 4.78 is 11.0. The SMILES string of the molecule is CCCCN(CCCO)C(=O)CN1C[C@H](c2cc(CO)c3c(c2)OCO3)[C@@H](C(=O)O)[C@@H]1CCN1C(=O)CCN(C)C1=O. The van der Waals surface area contributed by atoms with Gasteiger partial charge in [0, 0.05) is 70.3 Å². The number of urea groups is 1. The predicted molar refractivity (Wildman–Crippen MR) is 150 cm³/mol. The third-order valence-electron chi connectivity index (χ3n) is 8.43. The first-order valence-electron chi connectivity index (χ1n) is 14.6. The van der Waals surface area contributed by atoms with Gasteiger partial charge in [-0.3, -0.25) is 24.2 Å². The summed E-state index contributed by atoms with van der Waals surface area (Å²) in [5.41, 5.74) is 1.13. The zero-order valence-electron chi connectivity index (χ0n) is 24.4. The van der Waals surface area contributed by atoms with Crippen molar-refractivity contribution in [1.82, 2.24) is 19.6 Å². The van der Waals surface area contributed by atoms with Gasteiger partial charge in [-0.1, -0.05) is 13.3 Å². The quantitative estimate of drug-likeness (QED) is 0.286. The van der Waals surface area contributed by atoms with Gasteiger partial charge in [-0.15, -0.1) is 0 Å². The van der Waals surface area contributed by atoms with E-state index in [9.17, 15) is 34.5 Å². The highest BCUT2D eigenvalue weighted by Crippen LogP contribution is 2.44. The van der Waals surface area contributed by atoms with Crippen molar-refractivity contribution in [2.45, 2.75) is 57.6 Å². The van der Waals surface area contributed by atoms with Crippen LogP contribution in [0.2, 0.25) is 0 Å². The summed E-state index contributed by atoms with van der Waals surface area (Å²) in [6, 6.07) is 2.37. The number of imide groups is 1. The van der Waals surface area contributed by atoms with E-state index in [0.29, 0.717) is 48.7 Å². The van der Waals surface area contributed by atoms with Crippen molar-refractivity contribution in [2.75, 3.05) is 59.7 Å². The Bertz CT molecular complexity index is 1150. The Morgan fingerprint density at radius 2 is 1.88 bits per heavy atom. The number of likely N-dealkylation sites (tertiary alicyclic amines) is 1. The third-order valence-corrected chi connectivity index (χ3v) is 8.43. The Balaban J connectivity index is 1.64. The second kappa shape index (κ2) is 14.2. The summed E-state index contributed by atoms with van der Waals surface area (Å²) >= 11 is 0. The Hall–Kier alpha value is -3.42. The van der Waals surface area contributed by atoms with Gasteiger partial charge in [-0.2, -0.15) is 0 Å². The van der Waals surface area contributed by atoms with E-state index >= 15 is 0 Å². The van der Waals surface area contributed by atoms with Gasteiger partial charge in [0.1, 0.15) is 0 Å². The normalized spacial score (nSPS) is 22.2. The molecule has 42 heavy (non-hydrogen) atoms. The van der Waals surface area contributed by atoms with Gasteiger partial charge in [0.25, 0.3) is 0 Å². The van der Waals surface area contributed by atoms with E-state index in [-0.39, 0.29) is 64.3 Å². The number of carboxylic acids is 1. The second-order valence-electron chi connectivity index (χ2n) is 11.1. The first kappa shape index (κ1) is 31.5. The average Bonchev–Trinajstić information content (AvgIpc) is 3.59. The first-order valence-corrected chi connectivity index (χ1v) is 14.6. The first-order chi connectivity index (χ1) is 20.2. The lowest BCUT2D eigenvalue weighted by atomic mass is 9.83. The standard InChI is InChI=1S/C29H42N4O9/c1-3-4-8-31(9-5-12-34)25(37)16-32-15-21(19-13-20(17-35)27-23(14-19)41-18-42-27)26(28(38)39)22(32)6-11-33-24(36)7-10-30(2)29(33)40/h13-14,21-22,26,34-35H,3-12,15-18H2,1-2H3,(H,38,39)/t21-,22+,26-/m1/s1. The number of aliphatic hydroxyl groups excluding tert-OH is 2. The zero-order chi connectivity index (χ0) is 30.4. The van der Waals surface area contributed by atoms with Crippen LogP contribution < -0.4 is 9.47 Å². The molecule has 3 N–H and O–H groups in total. The molecule has 0 spiro atoms. The molecular weight excluding hydrogens is 548 g/mol. The molecule has 0 aliphatic carbocycles. The molecule has 13 heteroatoms. The number of aliphatic hydroxyl groups is 2. The number of hydrogen-bond acceptors (Lipinski definition) is 9. The van der Waals surface area contributed by atoms with E-state index in [4.69, 9.17) is 9.47 Å². The van der Waals surface area contributed by atoms with Crippen molar-refractivity contribution in [3.05, 3.63) is 23.3 Å². The molecule has 3 atom stereocenters. The van der Waals surface area contributed by atoms with Crippen LogP contribution in [0.5, 0.6) is 11.5 Å². The van der Waals surface area contributed by atoms with E-state index in [1.807, 2.05) is 11.8 Å². The van der Waals surface area contributed by atoms with Crippen molar-refractivity contribution < 1.29 is 44.0 Å². The van der Waals surface area contributed by atoms with Gasteiger partial charge in [-0.25, -0.2) is 4.79 Å². The van der Waals surface area contributed by atoms with Crippen LogP contribution in [-0.2, 0) is 21.0 Å². The van der Waals surface area contributed by atoms with Gasteiger partial charge in [0.2, 0.25) is 18.6 Å². The third kappa shape index (κ3) is 6.79. The van der Waals surface area contributed by atoms with Gasteiger partial charge in [-0.05, 0) is 37.0 Å². The number of fused-ring (bicyclic) bond motifs is 1. The Labute approximate surface area is 245 Å². The molecule has 1 aromatic carbocycles. The maximum atomic E-state index is 13.5. The van der Waals surface area contributed by atoms with E-state index in [0.717, 1.165) is 17.7 Å². The fourth-order valence-corrected chi connectivity index (χ4v) is 6.16. The molecule has 2 saturated heterocycles.